The highest BCUT2D eigenvalue weighted by Crippen LogP contribution is 2.24. The number of carbonyl (C=O) groups is 2. The number of ether oxygens (including phenoxy) is 1. The molecule has 0 amide bonds. The second kappa shape index (κ2) is 6.12. The predicted octanol–water partition coefficient (Wildman–Crippen LogP) is 2.29. The molecule has 0 aliphatic carbocycles. The Bertz CT molecular complexity index is 401. The summed E-state index contributed by atoms with van der Waals surface area (Å²) in [6.45, 7) is 3.12. The summed E-state index contributed by atoms with van der Waals surface area (Å²) in [5, 5.41) is 8.91. The van der Waals surface area contributed by atoms with Gasteiger partial charge in [-0.25, -0.2) is 4.79 Å². The van der Waals surface area contributed by atoms with Crippen molar-refractivity contribution in [3.8, 4) is 5.75 Å². The Balaban J connectivity index is 0.00000225. The number of carbonyl (C=O) groups excluding carboxylic acids is 1. The van der Waals surface area contributed by atoms with Gasteiger partial charge in [-0.3, -0.25) is 4.79 Å². The maximum atomic E-state index is 10.9. The summed E-state index contributed by atoms with van der Waals surface area (Å²) >= 11 is 0. The largest absolute Gasteiger partial charge is 0.478 e. The smallest absolute Gasteiger partial charge is 0.339 e. The Morgan fingerprint density at radius 3 is 2.44 bits per heavy atom. The number of halogens is 1. The molecule has 16 heavy (non-hydrogen) atoms. The Morgan fingerprint density at radius 2 is 2.00 bits per heavy atom. The summed E-state index contributed by atoms with van der Waals surface area (Å²) in [5.74, 6) is -1.46. The van der Waals surface area contributed by atoms with Gasteiger partial charge in [0, 0.05) is 6.92 Å². The van der Waals surface area contributed by atoms with Gasteiger partial charge < -0.3 is 9.84 Å². The molecule has 88 valence electrons. The van der Waals surface area contributed by atoms with Crippen LogP contribution in [-0.2, 0) is 11.2 Å². The van der Waals surface area contributed by atoms with Crippen LogP contribution in [-0.4, -0.2) is 17.0 Å². The molecule has 0 radical (unpaired) electrons. The summed E-state index contributed by atoms with van der Waals surface area (Å²) in [6, 6.07) is 4.79. The number of benzene rings is 1. The van der Waals surface area contributed by atoms with Gasteiger partial charge in [0.15, 0.2) is 0 Å². The Morgan fingerprint density at radius 1 is 1.38 bits per heavy atom. The van der Waals surface area contributed by atoms with Crippen molar-refractivity contribution in [1.29, 1.82) is 0 Å². The highest BCUT2D eigenvalue weighted by molar-refractivity contribution is 5.92. The van der Waals surface area contributed by atoms with Crippen molar-refractivity contribution in [3.05, 3.63) is 29.3 Å². The highest BCUT2D eigenvalue weighted by atomic mass is 35.5. The van der Waals surface area contributed by atoms with Crippen LogP contribution in [0, 0.1) is 0 Å². The zero-order chi connectivity index (χ0) is 11.4. The van der Waals surface area contributed by atoms with Crippen LogP contribution < -0.4 is 4.74 Å². The molecule has 0 spiro atoms. The fourth-order valence-corrected chi connectivity index (χ4v) is 1.30. The maximum absolute atomic E-state index is 10.9. The van der Waals surface area contributed by atoms with Gasteiger partial charge in [0.1, 0.15) is 11.3 Å². The number of aromatic carboxylic acids is 1. The lowest BCUT2D eigenvalue weighted by atomic mass is 10.1. The highest BCUT2D eigenvalue weighted by Gasteiger charge is 2.15. The average Bonchev–Trinajstić information content (AvgIpc) is 2.16. The molecule has 0 aliphatic heterocycles. The van der Waals surface area contributed by atoms with Gasteiger partial charge in [0.2, 0.25) is 0 Å². The van der Waals surface area contributed by atoms with Crippen LogP contribution >= 0.6 is 12.4 Å². The number of hydrogen-bond acceptors (Lipinski definition) is 3. The van der Waals surface area contributed by atoms with Crippen molar-refractivity contribution in [3.63, 3.8) is 0 Å². The van der Waals surface area contributed by atoms with Crippen molar-refractivity contribution in [2.24, 2.45) is 0 Å². The van der Waals surface area contributed by atoms with Crippen LogP contribution in [0.4, 0.5) is 0 Å². The van der Waals surface area contributed by atoms with Crippen molar-refractivity contribution in [1.82, 2.24) is 0 Å². The molecule has 1 aromatic carbocycles. The number of carboxylic acid groups (broad SMARTS) is 1. The Kier molecular flexibility index (Phi) is 5.53. The zero-order valence-corrected chi connectivity index (χ0v) is 9.84. The first-order valence-corrected chi connectivity index (χ1v) is 4.59. The monoisotopic (exact) mass is 244 g/mol. The first kappa shape index (κ1) is 14.5. The van der Waals surface area contributed by atoms with Crippen molar-refractivity contribution < 1.29 is 19.4 Å². The molecule has 4 nitrogen and oxygen atoms in total. The summed E-state index contributed by atoms with van der Waals surface area (Å²) in [4.78, 5) is 21.7. The molecule has 1 N–H and O–H groups in total. The standard InChI is InChI=1S/C11H12O4.ClH/c1-3-8-5-4-6-9(11(13)14)10(8)15-7(2)12;/h4-6H,3H2,1-2H3,(H,13,14);1H. The Hall–Kier alpha value is -1.55. The number of para-hydroxylation sites is 1. The molecule has 1 rings (SSSR count). The van der Waals surface area contributed by atoms with Gasteiger partial charge in [-0.15, -0.1) is 12.4 Å². The molecule has 0 bridgehead atoms. The fourth-order valence-electron chi connectivity index (χ4n) is 1.30. The van der Waals surface area contributed by atoms with E-state index < -0.39 is 11.9 Å². The van der Waals surface area contributed by atoms with Crippen LogP contribution in [0.1, 0.15) is 29.8 Å². The van der Waals surface area contributed by atoms with E-state index in [1.165, 1.54) is 13.0 Å². The van der Waals surface area contributed by atoms with Crippen LogP contribution in [0.5, 0.6) is 5.75 Å². The quantitative estimate of drug-likeness (QED) is 0.655. The second-order valence-corrected chi connectivity index (χ2v) is 3.05. The maximum Gasteiger partial charge on any atom is 0.339 e. The first-order valence-electron chi connectivity index (χ1n) is 4.59. The van der Waals surface area contributed by atoms with E-state index in [-0.39, 0.29) is 23.7 Å². The molecular weight excluding hydrogens is 232 g/mol. The van der Waals surface area contributed by atoms with Gasteiger partial charge in [0.25, 0.3) is 0 Å². The van der Waals surface area contributed by atoms with E-state index in [2.05, 4.69) is 0 Å². The first-order chi connectivity index (χ1) is 7.06. The SMILES string of the molecule is CCc1cccc(C(=O)O)c1OC(C)=O.Cl. The molecule has 0 saturated carbocycles. The molecule has 0 aliphatic rings. The third-order valence-corrected chi connectivity index (χ3v) is 1.95. The van der Waals surface area contributed by atoms with Crippen molar-refractivity contribution >= 4 is 24.3 Å². The van der Waals surface area contributed by atoms with E-state index in [1.807, 2.05) is 6.92 Å². The molecular formula is C11H13ClO4. The molecule has 0 heterocycles. The minimum Gasteiger partial charge on any atom is -0.478 e. The van der Waals surface area contributed by atoms with Gasteiger partial charge >= 0.3 is 11.9 Å². The van der Waals surface area contributed by atoms with Crippen LogP contribution in [0.3, 0.4) is 0 Å². The van der Waals surface area contributed by atoms with E-state index >= 15 is 0 Å². The van der Waals surface area contributed by atoms with Crippen LogP contribution in [0.15, 0.2) is 18.2 Å². The topological polar surface area (TPSA) is 63.6 Å². The van der Waals surface area contributed by atoms with E-state index in [1.54, 1.807) is 12.1 Å². The van der Waals surface area contributed by atoms with Gasteiger partial charge in [0.05, 0.1) is 0 Å². The number of esters is 1. The summed E-state index contributed by atoms with van der Waals surface area (Å²) in [6.07, 6.45) is 0.615. The minimum atomic E-state index is -1.10. The van der Waals surface area contributed by atoms with Crippen molar-refractivity contribution in [2.75, 3.05) is 0 Å². The Labute approximate surface area is 99.6 Å². The van der Waals surface area contributed by atoms with Gasteiger partial charge in [-0.1, -0.05) is 19.1 Å². The van der Waals surface area contributed by atoms with Crippen molar-refractivity contribution in [2.45, 2.75) is 20.3 Å². The normalized spacial score (nSPS) is 9.12. The van der Waals surface area contributed by atoms with E-state index in [0.717, 1.165) is 0 Å². The van der Waals surface area contributed by atoms with E-state index in [0.29, 0.717) is 12.0 Å². The lowest BCUT2D eigenvalue weighted by Crippen LogP contribution is -2.09. The van der Waals surface area contributed by atoms with E-state index in [9.17, 15) is 9.59 Å². The van der Waals surface area contributed by atoms with Gasteiger partial charge in [-0.2, -0.15) is 0 Å². The fraction of sp³-hybridized carbons (Fsp3) is 0.273. The molecule has 0 saturated heterocycles. The number of hydrogen-bond donors (Lipinski definition) is 1. The third-order valence-electron chi connectivity index (χ3n) is 1.95. The van der Waals surface area contributed by atoms with E-state index in [4.69, 9.17) is 9.84 Å². The molecule has 1 aromatic rings. The third kappa shape index (κ3) is 3.24. The molecule has 0 fully saturated rings. The number of aryl methyl sites for hydroxylation is 1. The lowest BCUT2D eigenvalue weighted by molar-refractivity contribution is -0.131. The van der Waals surface area contributed by atoms with Gasteiger partial charge in [-0.05, 0) is 18.1 Å². The minimum absolute atomic E-state index is 0. The summed E-state index contributed by atoms with van der Waals surface area (Å²) < 4.78 is 4.91. The number of rotatable bonds is 3. The number of carboxylic acids is 1. The summed E-state index contributed by atoms with van der Waals surface area (Å²) in [5.41, 5.74) is 0.731. The lowest BCUT2D eigenvalue weighted by Gasteiger charge is -2.09. The second-order valence-electron chi connectivity index (χ2n) is 3.05. The molecule has 0 aromatic heterocycles. The molecule has 0 atom stereocenters. The average molecular weight is 245 g/mol. The molecule has 5 heteroatoms. The zero-order valence-electron chi connectivity index (χ0n) is 9.02. The van der Waals surface area contributed by atoms with Crippen LogP contribution in [0.2, 0.25) is 0 Å². The molecule has 0 unspecified atom stereocenters. The summed E-state index contributed by atoms with van der Waals surface area (Å²) in [7, 11) is 0. The predicted molar refractivity (Wildman–Crippen MR) is 61.3 cm³/mol. The van der Waals surface area contributed by atoms with Crippen LogP contribution in [0.25, 0.3) is 0 Å².